The molecule has 8 heteroatoms. The lowest BCUT2D eigenvalue weighted by Crippen LogP contribution is -2.52. The van der Waals surface area contributed by atoms with Crippen LogP contribution in [0.3, 0.4) is 0 Å². The summed E-state index contributed by atoms with van der Waals surface area (Å²) >= 11 is 0. The Labute approximate surface area is 245 Å². The number of carbonyl (C=O) groups is 2. The van der Waals surface area contributed by atoms with E-state index in [1.165, 1.54) is 0 Å². The van der Waals surface area contributed by atoms with Crippen molar-refractivity contribution in [3.05, 3.63) is 131 Å². The maximum absolute atomic E-state index is 13.0. The van der Waals surface area contributed by atoms with Crippen molar-refractivity contribution in [2.75, 3.05) is 13.2 Å². The van der Waals surface area contributed by atoms with E-state index in [2.05, 4.69) is 94.5 Å². The number of rotatable bonds is 9. The first-order valence-corrected chi connectivity index (χ1v) is 14.4. The predicted octanol–water partition coefficient (Wildman–Crippen LogP) is 5.09. The van der Waals surface area contributed by atoms with Crippen molar-refractivity contribution in [1.82, 2.24) is 20.2 Å². The number of nitrogens with one attached hydrogen (secondary N) is 1. The van der Waals surface area contributed by atoms with Crippen molar-refractivity contribution >= 4 is 17.5 Å². The van der Waals surface area contributed by atoms with Crippen LogP contribution in [-0.4, -0.2) is 46.0 Å². The van der Waals surface area contributed by atoms with Crippen molar-refractivity contribution in [2.45, 2.75) is 44.8 Å². The van der Waals surface area contributed by atoms with E-state index in [1.54, 1.807) is 18.5 Å². The van der Waals surface area contributed by atoms with Gasteiger partial charge in [0.05, 0.1) is 24.9 Å². The van der Waals surface area contributed by atoms with E-state index in [9.17, 15) is 9.59 Å². The highest BCUT2D eigenvalue weighted by molar-refractivity contribution is 5.92. The maximum atomic E-state index is 13.0. The molecule has 0 saturated carbocycles. The Morgan fingerprint density at radius 3 is 1.93 bits per heavy atom. The summed E-state index contributed by atoms with van der Waals surface area (Å²) in [5.41, 5.74) is 9.17. The van der Waals surface area contributed by atoms with Gasteiger partial charge in [0.1, 0.15) is 12.1 Å². The Bertz CT molecular complexity index is 1500. The van der Waals surface area contributed by atoms with E-state index >= 15 is 0 Å². The van der Waals surface area contributed by atoms with Gasteiger partial charge in [-0.3, -0.25) is 14.5 Å². The van der Waals surface area contributed by atoms with Crippen LogP contribution in [0.2, 0.25) is 0 Å². The largest absolute Gasteiger partial charge is 0.465 e. The topological polar surface area (TPSA) is 85.7 Å². The van der Waals surface area contributed by atoms with E-state index < -0.39 is 17.5 Å². The summed E-state index contributed by atoms with van der Waals surface area (Å²) in [4.78, 5) is 25.6. The van der Waals surface area contributed by atoms with Crippen molar-refractivity contribution < 1.29 is 19.1 Å². The minimum Gasteiger partial charge on any atom is -0.465 e. The van der Waals surface area contributed by atoms with Gasteiger partial charge in [0.15, 0.2) is 5.69 Å². The summed E-state index contributed by atoms with van der Waals surface area (Å²) in [6.45, 7) is 3.96. The SMILES string of the molecule is CCOC(=O)Cn1nc(C(=O)OCC)c2c1C1=CN(C(c3ccccc3)(c3ccccc3)c3ccccc3)NC1CC2. The number of nitrogens with zero attached hydrogens (tertiary/aromatic N) is 3. The fraction of sp³-hybridized carbons (Fsp3) is 0.265. The quantitative estimate of drug-likeness (QED) is 0.225. The van der Waals surface area contributed by atoms with E-state index in [-0.39, 0.29) is 31.5 Å². The Hall–Kier alpha value is -4.69. The zero-order chi connectivity index (χ0) is 29.1. The van der Waals surface area contributed by atoms with Crippen LogP contribution in [-0.2, 0) is 32.8 Å². The fourth-order valence-corrected chi connectivity index (χ4v) is 6.25. The van der Waals surface area contributed by atoms with Gasteiger partial charge in [-0.2, -0.15) is 5.10 Å². The van der Waals surface area contributed by atoms with Gasteiger partial charge in [0, 0.05) is 17.3 Å². The van der Waals surface area contributed by atoms with Crippen molar-refractivity contribution in [1.29, 1.82) is 0 Å². The van der Waals surface area contributed by atoms with Crippen LogP contribution < -0.4 is 5.43 Å². The van der Waals surface area contributed by atoms with Gasteiger partial charge >= 0.3 is 11.9 Å². The van der Waals surface area contributed by atoms with Gasteiger partial charge in [0.2, 0.25) is 0 Å². The highest BCUT2D eigenvalue weighted by atomic mass is 16.5. The predicted molar refractivity (Wildman–Crippen MR) is 159 cm³/mol. The summed E-state index contributed by atoms with van der Waals surface area (Å²) in [5.74, 6) is -0.888. The monoisotopic (exact) mass is 562 g/mol. The molecule has 2 aliphatic rings. The number of hydrogen-bond acceptors (Lipinski definition) is 7. The lowest BCUT2D eigenvalue weighted by Gasteiger charge is -2.44. The molecule has 1 aliphatic heterocycles. The van der Waals surface area contributed by atoms with Crippen LogP contribution in [0.25, 0.3) is 5.57 Å². The zero-order valence-corrected chi connectivity index (χ0v) is 23.8. The zero-order valence-electron chi connectivity index (χ0n) is 23.8. The molecular formula is C34H34N4O4. The van der Waals surface area contributed by atoms with Crippen LogP contribution in [0, 0.1) is 0 Å². The smallest absolute Gasteiger partial charge is 0.359 e. The summed E-state index contributed by atoms with van der Waals surface area (Å²) < 4.78 is 12.2. The third-order valence-corrected chi connectivity index (χ3v) is 7.93. The number of esters is 2. The van der Waals surface area contributed by atoms with Crippen LogP contribution in [0.5, 0.6) is 0 Å². The van der Waals surface area contributed by atoms with Crippen LogP contribution in [0.1, 0.15) is 58.7 Å². The minimum absolute atomic E-state index is 0.0549. The number of ether oxygens (including phenoxy) is 2. The average molecular weight is 563 g/mol. The third-order valence-electron chi connectivity index (χ3n) is 7.93. The molecule has 3 aromatic carbocycles. The molecule has 4 aromatic rings. The Morgan fingerprint density at radius 1 is 0.857 bits per heavy atom. The third kappa shape index (κ3) is 4.67. The summed E-state index contributed by atoms with van der Waals surface area (Å²) in [7, 11) is 0. The molecule has 0 radical (unpaired) electrons. The van der Waals surface area contributed by atoms with Gasteiger partial charge in [0.25, 0.3) is 0 Å². The Morgan fingerprint density at radius 2 is 1.40 bits per heavy atom. The Balaban J connectivity index is 1.56. The van der Waals surface area contributed by atoms with Crippen molar-refractivity contribution in [2.24, 2.45) is 0 Å². The molecule has 2 heterocycles. The lowest BCUT2D eigenvalue weighted by atomic mass is 9.76. The number of fused-ring (bicyclic) bond motifs is 3. The molecule has 0 spiro atoms. The van der Waals surface area contributed by atoms with Gasteiger partial charge in [-0.1, -0.05) is 91.0 Å². The van der Waals surface area contributed by atoms with Crippen LogP contribution in [0.15, 0.2) is 97.2 Å². The number of hydrogen-bond donors (Lipinski definition) is 1. The molecule has 8 nitrogen and oxygen atoms in total. The van der Waals surface area contributed by atoms with Crippen LogP contribution >= 0.6 is 0 Å². The molecule has 0 fully saturated rings. The fourth-order valence-electron chi connectivity index (χ4n) is 6.25. The van der Waals surface area contributed by atoms with E-state index in [1.807, 2.05) is 18.2 Å². The summed E-state index contributed by atoms with van der Waals surface area (Å²) in [5, 5.41) is 6.80. The van der Waals surface area contributed by atoms with Crippen molar-refractivity contribution in [3.63, 3.8) is 0 Å². The number of hydrazine groups is 1. The first kappa shape index (κ1) is 27.5. The first-order valence-electron chi connectivity index (χ1n) is 14.4. The number of benzene rings is 3. The molecule has 1 unspecified atom stereocenters. The molecular weight excluding hydrogens is 528 g/mol. The lowest BCUT2D eigenvalue weighted by molar-refractivity contribution is -0.144. The molecule has 42 heavy (non-hydrogen) atoms. The molecule has 6 rings (SSSR count). The average Bonchev–Trinajstić information content (AvgIpc) is 3.61. The number of aromatic nitrogens is 2. The van der Waals surface area contributed by atoms with E-state index in [4.69, 9.17) is 9.47 Å². The summed E-state index contributed by atoms with van der Waals surface area (Å²) in [6, 6.07) is 31.3. The molecule has 0 saturated heterocycles. The highest BCUT2D eigenvalue weighted by Crippen LogP contribution is 2.46. The normalized spacial score (nSPS) is 15.9. The first-order chi connectivity index (χ1) is 20.6. The highest BCUT2D eigenvalue weighted by Gasteiger charge is 2.47. The van der Waals surface area contributed by atoms with Gasteiger partial charge in [-0.15, -0.1) is 0 Å². The van der Waals surface area contributed by atoms with Crippen LogP contribution in [0.4, 0.5) is 0 Å². The van der Waals surface area contributed by atoms with Gasteiger partial charge in [-0.25, -0.2) is 10.2 Å². The van der Waals surface area contributed by atoms with Gasteiger partial charge < -0.3 is 9.47 Å². The second kappa shape index (κ2) is 11.7. The summed E-state index contributed by atoms with van der Waals surface area (Å²) in [6.07, 6.45) is 3.49. The molecule has 1 N–H and O–H groups in total. The molecule has 1 aromatic heterocycles. The maximum Gasteiger partial charge on any atom is 0.359 e. The second-order valence-corrected chi connectivity index (χ2v) is 10.3. The standard InChI is InChI=1S/C34H34N4O4/c1-3-41-30(39)23-37-32-27(31(36-37)33(40)42-4-2)20-21-29-28(32)22-38(35-29)34(24-14-8-5-9-15-24,25-16-10-6-11-17-25)26-18-12-7-13-19-26/h5-19,22,29,35H,3-4,20-21,23H2,1-2H3. The van der Waals surface area contributed by atoms with E-state index in [0.717, 1.165) is 39.9 Å². The molecule has 0 amide bonds. The Kier molecular flexibility index (Phi) is 7.63. The molecule has 214 valence electrons. The van der Waals surface area contributed by atoms with Crippen molar-refractivity contribution in [3.8, 4) is 0 Å². The minimum atomic E-state index is -0.718. The van der Waals surface area contributed by atoms with Gasteiger partial charge in [-0.05, 0) is 43.4 Å². The van der Waals surface area contributed by atoms with E-state index in [0.29, 0.717) is 6.42 Å². The number of carbonyl (C=O) groups excluding carboxylic acids is 2. The second-order valence-electron chi connectivity index (χ2n) is 10.3. The molecule has 1 aliphatic carbocycles. The molecule has 0 bridgehead atoms. The molecule has 1 atom stereocenters.